The second kappa shape index (κ2) is 7.31. The standard InChI is InChI=1S/C17H14ClFN4O2/c1-10-21-16(25-23-10)9-20-14-5-3-2-4-12(14)17(24)22-15-7-6-11(19)8-13(15)18/h2-8,20H,9H2,1H3,(H,22,24). The van der Waals surface area contributed by atoms with Crippen LogP contribution in [0.4, 0.5) is 15.8 Å². The average Bonchev–Trinajstić information content (AvgIpc) is 3.01. The molecule has 0 aliphatic heterocycles. The second-order valence-corrected chi connectivity index (χ2v) is 5.62. The molecule has 2 aromatic carbocycles. The number of nitrogens with zero attached hydrogens (tertiary/aromatic N) is 2. The molecule has 0 fully saturated rings. The number of benzene rings is 2. The van der Waals surface area contributed by atoms with E-state index in [1.54, 1.807) is 31.2 Å². The number of rotatable bonds is 5. The minimum Gasteiger partial charge on any atom is -0.375 e. The van der Waals surface area contributed by atoms with E-state index in [1.807, 2.05) is 0 Å². The molecule has 1 amide bonds. The SMILES string of the molecule is Cc1noc(CNc2ccccc2C(=O)Nc2ccc(F)cc2Cl)n1. The van der Waals surface area contributed by atoms with Gasteiger partial charge in [-0.3, -0.25) is 4.79 Å². The first-order valence-electron chi connectivity index (χ1n) is 7.41. The number of nitrogens with one attached hydrogen (secondary N) is 2. The van der Waals surface area contributed by atoms with Crippen LogP contribution >= 0.6 is 11.6 Å². The molecule has 0 saturated carbocycles. The monoisotopic (exact) mass is 360 g/mol. The Bertz CT molecular complexity index is 913. The van der Waals surface area contributed by atoms with Crippen LogP contribution in [0.5, 0.6) is 0 Å². The van der Waals surface area contributed by atoms with Crippen molar-refractivity contribution in [1.29, 1.82) is 0 Å². The van der Waals surface area contributed by atoms with E-state index < -0.39 is 5.82 Å². The first-order valence-corrected chi connectivity index (χ1v) is 7.79. The van der Waals surface area contributed by atoms with Gasteiger partial charge < -0.3 is 15.2 Å². The van der Waals surface area contributed by atoms with E-state index in [2.05, 4.69) is 20.8 Å². The highest BCUT2D eigenvalue weighted by Crippen LogP contribution is 2.24. The lowest BCUT2D eigenvalue weighted by Gasteiger charge is -2.12. The van der Waals surface area contributed by atoms with E-state index in [0.717, 1.165) is 6.07 Å². The number of para-hydroxylation sites is 1. The van der Waals surface area contributed by atoms with Crippen molar-refractivity contribution < 1.29 is 13.7 Å². The molecule has 0 spiro atoms. The molecular formula is C17H14ClFN4O2. The molecule has 0 saturated heterocycles. The third-order valence-electron chi connectivity index (χ3n) is 3.35. The van der Waals surface area contributed by atoms with Gasteiger partial charge >= 0.3 is 0 Å². The molecule has 0 aliphatic rings. The van der Waals surface area contributed by atoms with Crippen LogP contribution in [-0.4, -0.2) is 16.0 Å². The lowest BCUT2D eigenvalue weighted by Crippen LogP contribution is -2.15. The first kappa shape index (κ1) is 16.9. The topological polar surface area (TPSA) is 80.0 Å². The fraction of sp³-hybridized carbons (Fsp3) is 0.118. The van der Waals surface area contributed by atoms with E-state index in [0.29, 0.717) is 28.7 Å². The lowest BCUT2D eigenvalue weighted by atomic mass is 10.1. The van der Waals surface area contributed by atoms with Gasteiger partial charge in [-0.05, 0) is 37.3 Å². The van der Waals surface area contributed by atoms with Crippen molar-refractivity contribution in [3.8, 4) is 0 Å². The van der Waals surface area contributed by atoms with Gasteiger partial charge in [0, 0.05) is 5.69 Å². The molecule has 2 N–H and O–H groups in total. The fourth-order valence-corrected chi connectivity index (χ4v) is 2.41. The van der Waals surface area contributed by atoms with Gasteiger partial charge in [-0.1, -0.05) is 28.9 Å². The maximum Gasteiger partial charge on any atom is 0.257 e. The average molecular weight is 361 g/mol. The quantitative estimate of drug-likeness (QED) is 0.718. The molecule has 3 rings (SSSR count). The summed E-state index contributed by atoms with van der Waals surface area (Å²) in [4.78, 5) is 16.6. The Kier molecular flexibility index (Phi) is 4.95. The van der Waals surface area contributed by atoms with Gasteiger partial charge in [0.05, 0.1) is 22.8 Å². The summed E-state index contributed by atoms with van der Waals surface area (Å²) in [5, 5.41) is 9.58. The van der Waals surface area contributed by atoms with Crippen LogP contribution in [0.15, 0.2) is 47.0 Å². The van der Waals surface area contributed by atoms with Crippen molar-refractivity contribution >= 4 is 28.9 Å². The number of amides is 1. The minimum atomic E-state index is -0.472. The number of carbonyl (C=O) groups excluding carboxylic acids is 1. The Hall–Kier alpha value is -2.93. The van der Waals surface area contributed by atoms with Gasteiger partial charge in [-0.25, -0.2) is 4.39 Å². The molecular weight excluding hydrogens is 347 g/mol. The summed E-state index contributed by atoms with van der Waals surface area (Å²) in [6.07, 6.45) is 0. The second-order valence-electron chi connectivity index (χ2n) is 5.21. The van der Waals surface area contributed by atoms with Gasteiger partial charge in [-0.15, -0.1) is 0 Å². The molecule has 0 bridgehead atoms. The number of halogens is 2. The molecule has 0 unspecified atom stereocenters. The Morgan fingerprint density at radius 1 is 1.24 bits per heavy atom. The van der Waals surface area contributed by atoms with E-state index >= 15 is 0 Å². The van der Waals surface area contributed by atoms with Crippen LogP contribution in [0.2, 0.25) is 5.02 Å². The zero-order valence-corrected chi connectivity index (χ0v) is 14.0. The van der Waals surface area contributed by atoms with Crippen LogP contribution < -0.4 is 10.6 Å². The zero-order valence-electron chi connectivity index (χ0n) is 13.2. The zero-order chi connectivity index (χ0) is 17.8. The highest BCUT2D eigenvalue weighted by atomic mass is 35.5. The van der Waals surface area contributed by atoms with Crippen LogP contribution in [-0.2, 0) is 6.54 Å². The summed E-state index contributed by atoms with van der Waals surface area (Å²) in [5.74, 6) is 0.0984. The number of hydrogen-bond donors (Lipinski definition) is 2. The molecule has 1 aromatic heterocycles. The van der Waals surface area contributed by atoms with Gasteiger partial charge in [0.15, 0.2) is 5.82 Å². The van der Waals surface area contributed by atoms with Gasteiger partial charge in [0.2, 0.25) is 5.89 Å². The Balaban J connectivity index is 1.76. The van der Waals surface area contributed by atoms with Crippen molar-refractivity contribution in [3.63, 3.8) is 0 Å². The smallest absolute Gasteiger partial charge is 0.257 e. The van der Waals surface area contributed by atoms with Gasteiger partial charge in [0.1, 0.15) is 5.82 Å². The van der Waals surface area contributed by atoms with Gasteiger partial charge in [-0.2, -0.15) is 4.98 Å². The number of anilines is 2. The Morgan fingerprint density at radius 2 is 2.04 bits per heavy atom. The molecule has 8 heteroatoms. The first-order chi connectivity index (χ1) is 12.0. The molecule has 0 aliphatic carbocycles. The molecule has 0 radical (unpaired) electrons. The van der Waals surface area contributed by atoms with Crippen LogP contribution in [0.1, 0.15) is 22.1 Å². The lowest BCUT2D eigenvalue weighted by molar-refractivity contribution is 0.102. The number of carbonyl (C=O) groups is 1. The Morgan fingerprint density at radius 3 is 2.76 bits per heavy atom. The molecule has 6 nitrogen and oxygen atoms in total. The predicted molar refractivity (Wildman–Crippen MR) is 92.2 cm³/mol. The van der Waals surface area contributed by atoms with Gasteiger partial charge in [0.25, 0.3) is 5.91 Å². The van der Waals surface area contributed by atoms with Crippen molar-refractivity contribution in [1.82, 2.24) is 10.1 Å². The van der Waals surface area contributed by atoms with E-state index in [4.69, 9.17) is 16.1 Å². The van der Waals surface area contributed by atoms with Crippen molar-refractivity contribution in [2.75, 3.05) is 10.6 Å². The summed E-state index contributed by atoms with van der Waals surface area (Å²) >= 11 is 5.95. The summed E-state index contributed by atoms with van der Waals surface area (Å²) in [6, 6.07) is 10.7. The van der Waals surface area contributed by atoms with Crippen LogP contribution in [0.3, 0.4) is 0 Å². The van der Waals surface area contributed by atoms with E-state index in [-0.39, 0.29) is 17.5 Å². The molecule has 3 aromatic rings. The minimum absolute atomic E-state index is 0.125. The maximum atomic E-state index is 13.1. The highest BCUT2D eigenvalue weighted by Gasteiger charge is 2.14. The van der Waals surface area contributed by atoms with Crippen molar-refractivity contribution in [2.24, 2.45) is 0 Å². The highest BCUT2D eigenvalue weighted by molar-refractivity contribution is 6.34. The van der Waals surface area contributed by atoms with Crippen LogP contribution in [0, 0.1) is 12.7 Å². The Labute approximate surface area is 148 Å². The summed E-state index contributed by atoms with van der Waals surface area (Å²) in [5.41, 5.74) is 1.32. The van der Waals surface area contributed by atoms with E-state index in [9.17, 15) is 9.18 Å². The molecule has 128 valence electrons. The summed E-state index contributed by atoms with van der Waals surface area (Å²) < 4.78 is 18.1. The van der Waals surface area contributed by atoms with Crippen molar-refractivity contribution in [3.05, 3.63) is 70.6 Å². The van der Waals surface area contributed by atoms with Crippen LogP contribution in [0.25, 0.3) is 0 Å². The third kappa shape index (κ3) is 4.13. The van der Waals surface area contributed by atoms with Crippen molar-refractivity contribution in [2.45, 2.75) is 13.5 Å². The largest absolute Gasteiger partial charge is 0.375 e. The maximum absolute atomic E-state index is 13.1. The van der Waals surface area contributed by atoms with E-state index in [1.165, 1.54) is 12.1 Å². The number of hydrogen-bond acceptors (Lipinski definition) is 5. The molecule has 25 heavy (non-hydrogen) atoms. The number of aromatic nitrogens is 2. The molecule has 0 atom stereocenters. The normalized spacial score (nSPS) is 10.5. The fourth-order valence-electron chi connectivity index (χ4n) is 2.20. The molecule has 1 heterocycles. The number of aryl methyl sites for hydroxylation is 1. The predicted octanol–water partition coefficient (Wildman–Crippen LogP) is 4.03. The summed E-state index contributed by atoms with van der Waals surface area (Å²) in [7, 11) is 0. The third-order valence-corrected chi connectivity index (χ3v) is 3.66. The summed E-state index contributed by atoms with van der Waals surface area (Å²) in [6.45, 7) is 2.00.